The summed E-state index contributed by atoms with van der Waals surface area (Å²) in [6.45, 7) is 4.24. The highest BCUT2D eigenvalue weighted by Crippen LogP contribution is 2.27. The first-order chi connectivity index (χ1) is 9.04. The highest BCUT2D eigenvalue weighted by molar-refractivity contribution is 5.84. The fraction of sp³-hybridized carbons (Fsp3) is 0.500. The number of rotatable bonds is 4. The van der Waals surface area contributed by atoms with Crippen LogP contribution in [0.15, 0.2) is 24.3 Å². The Hall–Kier alpha value is -1.46. The van der Waals surface area contributed by atoms with Gasteiger partial charge in [0.05, 0.1) is 18.7 Å². The Balaban J connectivity index is 2.26. The molecule has 0 bridgehead atoms. The molecule has 5 heteroatoms. The molecule has 0 spiro atoms. The summed E-state index contributed by atoms with van der Waals surface area (Å²) < 4.78 is 18.1. The Morgan fingerprint density at radius 2 is 2.05 bits per heavy atom. The molecular weight excluding hydrogens is 247 g/mol. The van der Waals surface area contributed by atoms with Crippen molar-refractivity contribution in [2.45, 2.75) is 32.1 Å². The van der Waals surface area contributed by atoms with Gasteiger partial charge in [-0.25, -0.2) is 4.39 Å². The van der Waals surface area contributed by atoms with Gasteiger partial charge in [0.1, 0.15) is 12.0 Å². The minimum absolute atomic E-state index is 0.0370. The van der Waals surface area contributed by atoms with E-state index in [1.165, 1.54) is 12.1 Å². The Morgan fingerprint density at radius 1 is 1.42 bits per heavy atom. The number of hydrogen-bond acceptors (Lipinski definition) is 3. The van der Waals surface area contributed by atoms with Crippen molar-refractivity contribution >= 4 is 5.91 Å². The van der Waals surface area contributed by atoms with Gasteiger partial charge in [0.25, 0.3) is 0 Å². The predicted octanol–water partition coefficient (Wildman–Crippen LogP) is 1.68. The Morgan fingerprint density at radius 3 is 2.63 bits per heavy atom. The average molecular weight is 266 g/mol. The number of nitrogens with one attached hydrogen (secondary N) is 1. The molecule has 1 saturated heterocycles. The second-order valence-electron chi connectivity index (χ2n) is 4.89. The van der Waals surface area contributed by atoms with Crippen LogP contribution in [0.3, 0.4) is 0 Å². The molecule has 1 aliphatic heterocycles. The van der Waals surface area contributed by atoms with Crippen molar-refractivity contribution in [3.63, 3.8) is 0 Å². The number of amides is 1. The van der Waals surface area contributed by atoms with Crippen LogP contribution < -0.4 is 5.32 Å². The summed E-state index contributed by atoms with van der Waals surface area (Å²) in [5, 5.41) is 3.23. The first-order valence-corrected chi connectivity index (χ1v) is 6.37. The number of carbonyl (C=O) groups is 1. The predicted molar refractivity (Wildman–Crippen MR) is 69.9 cm³/mol. The van der Waals surface area contributed by atoms with Gasteiger partial charge in [-0.3, -0.25) is 10.1 Å². The average Bonchev–Trinajstić information content (AvgIpc) is 2.67. The lowest BCUT2D eigenvalue weighted by atomic mass is 10.1. The first-order valence-electron chi connectivity index (χ1n) is 6.37. The van der Waals surface area contributed by atoms with Crippen molar-refractivity contribution in [1.82, 2.24) is 10.2 Å². The Labute approximate surface area is 112 Å². The smallest absolute Gasteiger partial charge is 0.241 e. The van der Waals surface area contributed by atoms with Gasteiger partial charge in [0.2, 0.25) is 5.91 Å². The van der Waals surface area contributed by atoms with E-state index in [0.717, 1.165) is 5.56 Å². The molecule has 1 fully saturated rings. The third kappa shape index (κ3) is 2.77. The fourth-order valence-electron chi connectivity index (χ4n) is 2.43. The molecule has 3 unspecified atom stereocenters. The van der Waals surface area contributed by atoms with E-state index in [2.05, 4.69) is 5.32 Å². The molecule has 1 amide bonds. The van der Waals surface area contributed by atoms with Crippen LogP contribution in [0.25, 0.3) is 0 Å². The summed E-state index contributed by atoms with van der Waals surface area (Å²) in [7, 11) is 1.61. The standard InChI is InChI=1S/C14H19FN2O2/c1-9(8-19-3)17-13(16-10(2)14(17)18)11-4-6-12(15)7-5-11/h4-7,9-10,13,16H,8H2,1-3H3. The van der Waals surface area contributed by atoms with Crippen LogP contribution in [0, 0.1) is 5.82 Å². The molecule has 0 aliphatic carbocycles. The highest BCUT2D eigenvalue weighted by atomic mass is 19.1. The van der Waals surface area contributed by atoms with Crippen LogP contribution >= 0.6 is 0 Å². The maximum Gasteiger partial charge on any atom is 0.241 e. The van der Waals surface area contributed by atoms with Crippen LogP contribution in [0.1, 0.15) is 25.6 Å². The van der Waals surface area contributed by atoms with Crippen molar-refractivity contribution in [2.24, 2.45) is 0 Å². The molecule has 1 aliphatic rings. The molecule has 1 N–H and O–H groups in total. The maximum atomic E-state index is 13.0. The first kappa shape index (κ1) is 14.0. The van der Waals surface area contributed by atoms with Crippen LogP contribution in [-0.2, 0) is 9.53 Å². The van der Waals surface area contributed by atoms with Gasteiger partial charge in [-0.15, -0.1) is 0 Å². The van der Waals surface area contributed by atoms with Gasteiger partial charge in [-0.05, 0) is 31.5 Å². The SMILES string of the molecule is COCC(C)N1C(=O)C(C)NC1c1ccc(F)cc1. The summed E-state index contributed by atoms with van der Waals surface area (Å²) in [6.07, 6.45) is -0.228. The lowest BCUT2D eigenvalue weighted by molar-refractivity contribution is -0.132. The lowest BCUT2D eigenvalue weighted by Gasteiger charge is -2.30. The zero-order valence-electron chi connectivity index (χ0n) is 11.4. The Bertz CT molecular complexity index is 449. The van der Waals surface area contributed by atoms with Crippen molar-refractivity contribution in [1.29, 1.82) is 0 Å². The van der Waals surface area contributed by atoms with Crippen molar-refractivity contribution in [2.75, 3.05) is 13.7 Å². The quantitative estimate of drug-likeness (QED) is 0.901. The normalized spacial score (nSPS) is 24.8. The van der Waals surface area contributed by atoms with Crippen molar-refractivity contribution < 1.29 is 13.9 Å². The monoisotopic (exact) mass is 266 g/mol. The molecular formula is C14H19FN2O2. The lowest BCUT2D eigenvalue weighted by Crippen LogP contribution is -2.40. The van der Waals surface area contributed by atoms with Crippen LogP contribution in [-0.4, -0.2) is 36.6 Å². The molecule has 0 radical (unpaired) electrons. The van der Waals surface area contributed by atoms with Crippen LogP contribution in [0.4, 0.5) is 4.39 Å². The molecule has 2 rings (SSSR count). The van der Waals surface area contributed by atoms with Gasteiger partial charge in [0.15, 0.2) is 0 Å². The van der Waals surface area contributed by atoms with Crippen molar-refractivity contribution in [3.05, 3.63) is 35.6 Å². The Kier molecular flexibility index (Phi) is 4.17. The zero-order valence-corrected chi connectivity index (χ0v) is 11.4. The summed E-state index contributed by atoms with van der Waals surface area (Å²) in [5.41, 5.74) is 0.877. The van der Waals surface area contributed by atoms with E-state index in [9.17, 15) is 9.18 Å². The van der Waals surface area contributed by atoms with Crippen LogP contribution in [0.5, 0.6) is 0 Å². The largest absolute Gasteiger partial charge is 0.383 e. The second kappa shape index (κ2) is 5.67. The van der Waals surface area contributed by atoms with E-state index >= 15 is 0 Å². The summed E-state index contributed by atoms with van der Waals surface area (Å²) in [5.74, 6) is -0.239. The van der Waals surface area contributed by atoms with E-state index < -0.39 is 0 Å². The third-order valence-corrected chi connectivity index (χ3v) is 3.38. The van der Waals surface area contributed by atoms with E-state index in [4.69, 9.17) is 4.74 Å². The van der Waals surface area contributed by atoms with Crippen molar-refractivity contribution in [3.8, 4) is 0 Å². The molecule has 1 aromatic carbocycles. The number of nitrogens with zero attached hydrogens (tertiary/aromatic N) is 1. The summed E-state index contributed by atoms with van der Waals surface area (Å²) in [4.78, 5) is 14.0. The maximum absolute atomic E-state index is 13.0. The minimum atomic E-state index is -0.280. The summed E-state index contributed by atoms with van der Waals surface area (Å²) in [6, 6.07) is 5.93. The van der Waals surface area contributed by atoms with Gasteiger partial charge < -0.3 is 9.64 Å². The molecule has 0 aromatic heterocycles. The number of hydrogen-bond donors (Lipinski definition) is 1. The fourth-order valence-corrected chi connectivity index (χ4v) is 2.43. The zero-order chi connectivity index (χ0) is 14.0. The molecule has 104 valence electrons. The highest BCUT2D eigenvalue weighted by Gasteiger charge is 2.39. The molecule has 1 aromatic rings. The molecule has 0 saturated carbocycles. The van der Waals surface area contributed by atoms with Crippen LogP contribution in [0.2, 0.25) is 0 Å². The van der Waals surface area contributed by atoms with Gasteiger partial charge in [0, 0.05) is 7.11 Å². The summed E-state index contributed by atoms with van der Waals surface area (Å²) >= 11 is 0. The van der Waals surface area contributed by atoms with E-state index in [-0.39, 0.29) is 30.0 Å². The van der Waals surface area contributed by atoms with E-state index in [1.54, 1.807) is 24.1 Å². The van der Waals surface area contributed by atoms with Gasteiger partial charge >= 0.3 is 0 Å². The number of carbonyl (C=O) groups excluding carboxylic acids is 1. The van der Waals surface area contributed by atoms with E-state index in [1.807, 2.05) is 13.8 Å². The second-order valence-corrected chi connectivity index (χ2v) is 4.89. The number of ether oxygens (including phenoxy) is 1. The molecule has 3 atom stereocenters. The minimum Gasteiger partial charge on any atom is -0.383 e. The topological polar surface area (TPSA) is 41.6 Å². The van der Waals surface area contributed by atoms with Gasteiger partial charge in [-0.2, -0.15) is 0 Å². The van der Waals surface area contributed by atoms with Gasteiger partial charge in [-0.1, -0.05) is 12.1 Å². The molecule has 1 heterocycles. The van der Waals surface area contributed by atoms with E-state index in [0.29, 0.717) is 6.61 Å². The number of benzene rings is 1. The number of methoxy groups -OCH3 is 1. The molecule has 4 nitrogen and oxygen atoms in total. The molecule has 19 heavy (non-hydrogen) atoms. The number of halogens is 1. The third-order valence-electron chi connectivity index (χ3n) is 3.38.